The van der Waals surface area contributed by atoms with Crippen molar-refractivity contribution >= 4 is 17.7 Å². The summed E-state index contributed by atoms with van der Waals surface area (Å²) in [6.07, 6.45) is 5.63. The molecular weight excluding hydrogens is 394 g/mol. The highest BCUT2D eigenvalue weighted by atomic mass is 16.5. The molecule has 4 rings (SSSR count). The molecule has 3 aliphatic rings. The summed E-state index contributed by atoms with van der Waals surface area (Å²) in [6.45, 7) is 6.29. The normalized spacial score (nSPS) is 26.5. The number of ether oxygens (including phenoxy) is 1. The molecule has 3 atom stereocenters. The van der Waals surface area contributed by atoms with E-state index in [-0.39, 0.29) is 42.5 Å². The van der Waals surface area contributed by atoms with Crippen molar-refractivity contribution in [3.05, 3.63) is 29.8 Å². The van der Waals surface area contributed by atoms with E-state index in [0.29, 0.717) is 30.8 Å². The summed E-state index contributed by atoms with van der Waals surface area (Å²) < 4.78 is 5.71. The molecule has 0 radical (unpaired) electrons. The average molecular weight is 428 g/mol. The Balaban J connectivity index is 1.29. The molecular formula is C24H33N3O4. The zero-order valence-electron chi connectivity index (χ0n) is 18.6. The van der Waals surface area contributed by atoms with Crippen LogP contribution < -0.4 is 4.74 Å². The van der Waals surface area contributed by atoms with Gasteiger partial charge in [0.1, 0.15) is 5.75 Å². The molecule has 7 nitrogen and oxygen atoms in total. The van der Waals surface area contributed by atoms with Gasteiger partial charge in [0.2, 0.25) is 5.91 Å². The van der Waals surface area contributed by atoms with Crippen LogP contribution in [0.3, 0.4) is 0 Å². The average Bonchev–Trinajstić information content (AvgIpc) is 3.41. The number of benzene rings is 1. The van der Waals surface area contributed by atoms with Gasteiger partial charge in [0.05, 0.1) is 6.04 Å². The van der Waals surface area contributed by atoms with Gasteiger partial charge in [-0.1, -0.05) is 0 Å². The third kappa shape index (κ3) is 4.70. The monoisotopic (exact) mass is 427 g/mol. The lowest BCUT2D eigenvalue weighted by Crippen LogP contribution is -2.49. The molecule has 0 spiro atoms. The molecule has 3 fully saturated rings. The van der Waals surface area contributed by atoms with Gasteiger partial charge in [-0.15, -0.1) is 0 Å². The van der Waals surface area contributed by atoms with Crippen molar-refractivity contribution in [1.82, 2.24) is 14.7 Å². The van der Waals surface area contributed by atoms with Crippen LogP contribution in [-0.2, 0) is 9.59 Å². The number of amides is 3. The Kier molecular flexibility index (Phi) is 6.49. The molecule has 0 saturated carbocycles. The number of rotatable bonds is 5. The van der Waals surface area contributed by atoms with Gasteiger partial charge in [0.15, 0.2) is 6.61 Å². The van der Waals surface area contributed by atoms with Crippen molar-refractivity contribution in [3.8, 4) is 5.75 Å². The molecule has 3 amide bonds. The van der Waals surface area contributed by atoms with Gasteiger partial charge in [0, 0.05) is 43.7 Å². The van der Waals surface area contributed by atoms with E-state index in [0.717, 1.165) is 38.6 Å². The maximum absolute atomic E-state index is 12.9. The predicted molar refractivity (Wildman–Crippen MR) is 117 cm³/mol. The first-order valence-corrected chi connectivity index (χ1v) is 11.6. The number of hydrogen-bond donors (Lipinski definition) is 0. The highest BCUT2D eigenvalue weighted by molar-refractivity contribution is 5.94. The van der Waals surface area contributed by atoms with E-state index in [4.69, 9.17) is 4.74 Å². The molecule has 1 aromatic rings. The van der Waals surface area contributed by atoms with Crippen LogP contribution in [-0.4, -0.2) is 76.8 Å². The zero-order valence-corrected chi connectivity index (χ0v) is 18.6. The lowest BCUT2D eigenvalue weighted by Gasteiger charge is -2.38. The fourth-order valence-corrected chi connectivity index (χ4v) is 5.24. The topological polar surface area (TPSA) is 70.2 Å². The van der Waals surface area contributed by atoms with Crippen LogP contribution >= 0.6 is 0 Å². The van der Waals surface area contributed by atoms with Crippen LogP contribution in [0.2, 0.25) is 0 Å². The maximum atomic E-state index is 12.9. The second-order valence-electron chi connectivity index (χ2n) is 9.13. The molecule has 0 unspecified atom stereocenters. The predicted octanol–water partition coefficient (Wildman–Crippen LogP) is 2.69. The summed E-state index contributed by atoms with van der Waals surface area (Å²) in [4.78, 5) is 43.2. The summed E-state index contributed by atoms with van der Waals surface area (Å²) in [5.41, 5.74) is 0.602. The van der Waals surface area contributed by atoms with E-state index in [1.54, 1.807) is 24.3 Å². The van der Waals surface area contributed by atoms with Gasteiger partial charge in [-0.05, 0) is 70.2 Å². The van der Waals surface area contributed by atoms with E-state index < -0.39 is 0 Å². The molecule has 7 heteroatoms. The van der Waals surface area contributed by atoms with Crippen molar-refractivity contribution < 1.29 is 19.1 Å². The Labute approximate surface area is 184 Å². The van der Waals surface area contributed by atoms with Gasteiger partial charge in [-0.3, -0.25) is 14.4 Å². The van der Waals surface area contributed by atoms with E-state index >= 15 is 0 Å². The molecule has 0 bridgehead atoms. The fraction of sp³-hybridized carbons (Fsp3) is 0.625. The number of carbonyl (C=O) groups excluding carboxylic acids is 3. The first-order chi connectivity index (χ1) is 14.9. The van der Waals surface area contributed by atoms with Crippen LogP contribution in [0, 0.1) is 0 Å². The van der Waals surface area contributed by atoms with Gasteiger partial charge >= 0.3 is 0 Å². The maximum Gasteiger partial charge on any atom is 0.260 e. The molecule has 3 aliphatic heterocycles. The summed E-state index contributed by atoms with van der Waals surface area (Å²) in [6, 6.07) is 7.65. The van der Waals surface area contributed by atoms with E-state index in [1.165, 1.54) is 0 Å². The minimum Gasteiger partial charge on any atom is -0.484 e. The van der Waals surface area contributed by atoms with Gasteiger partial charge in [0.25, 0.3) is 11.8 Å². The van der Waals surface area contributed by atoms with Crippen LogP contribution in [0.15, 0.2) is 24.3 Å². The molecule has 3 heterocycles. The minimum atomic E-state index is -0.0206. The number of carbonyl (C=O) groups is 3. The third-order valence-electron chi connectivity index (χ3n) is 6.95. The number of nitrogens with zero attached hydrogens (tertiary/aromatic N) is 3. The highest BCUT2D eigenvalue weighted by Crippen LogP contribution is 2.24. The number of piperidine rings is 1. The van der Waals surface area contributed by atoms with Crippen LogP contribution in [0.1, 0.15) is 62.7 Å². The highest BCUT2D eigenvalue weighted by Gasteiger charge is 2.35. The number of hydrogen-bond acceptors (Lipinski definition) is 4. The summed E-state index contributed by atoms with van der Waals surface area (Å²) in [5.74, 6) is 0.792. The van der Waals surface area contributed by atoms with Crippen molar-refractivity contribution in [2.75, 3.05) is 26.2 Å². The third-order valence-corrected chi connectivity index (χ3v) is 6.95. The Morgan fingerprint density at radius 2 is 1.71 bits per heavy atom. The standard InChI is InChI=1S/C24H33N3O4/c1-17-5-3-6-18(2)27(17)23(29)16-31-21-10-8-19(9-11-21)24(30)25-14-12-20(15-25)26-13-4-7-22(26)28/h8-11,17-18,20H,3-7,12-16H2,1-2H3/t17-,18+,20-/m0/s1. The molecule has 0 N–H and O–H groups in total. The second kappa shape index (κ2) is 9.28. The van der Waals surface area contributed by atoms with Crippen LogP contribution in [0.25, 0.3) is 0 Å². The van der Waals surface area contributed by atoms with Crippen LogP contribution in [0.5, 0.6) is 5.75 Å². The van der Waals surface area contributed by atoms with Gasteiger partial charge < -0.3 is 19.4 Å². The summed E-state index contributed by atoms with van der Waals surface area (Å²) >= 11 is 0. The van der Waals surface area contributed by atoms with E-state index in [2.05, 4.69) is 13.8 Å². The fourth-order valence-electron chi connectivity index (χ4n) is 5.24. The van der Waals surface area contributed by atoms with Crippen molar-refractivity contribution in [1.29, 1.82) is 0 Å². The van der Waals surface area contributed by atoms with E-state index in [1.807, 2.05) is 14.7 Å². The first-order valence-electron chi connectivity index (χ1n) is 11.6. The Bertz CT molecular complexity index is 815. The smallest absolute Gasteiger partial charge is 0.260 e. The Morgan fingerprint density at radius 3 is 2.35 bits per heavy atom. The first kappa shape index (κ1) is 21.7. The minimum absolute atomic E-state index is 0.0134. The quantitative estimate of drug-likeness (QED) is 0.725. The lowest BCUT2D eigenvalue weighted by molar-refractivity contribution is -0.139. The molecule has 3 saturated heterocycles. The molecule has 1 aromatic carbocycles. The Morgan fingerprint density at radius 1 is 1.00 bits per heavy atom. The Hall–Kier alpha value is -2.57. The van der Waals surface area contributed by atoms with Crippen molar-refractivity contribution in [2.45, 2.75) is 70.5 Å². The molecule has 31 heavy (non-hydrogen) atoms. The summed E-state index contributed by atoms with van der Waals surface area (Å²) in [7, 11) is 0. The van der Waals surface area contributed by atoms with E-state index in [9.17, 15) is 14.4 Å². The lowest BCUT2D eigenvalue weighted by atomic mass is 9.97. The van der Waals surface area contributed by atoms with Crippen molar-refractivity contribution in [3.63, 3.8) is 0 Å². The molecule has 168 valence electrons. The largest absolute Gasteiger partial charge is 0.484 e. The van der Waals surface area contributed by atoms with Gasteiger partial charge in [-0.2, -0.15) is 0 Å². The summed E-state index contributed by atoms with van der Waals surface area (Å²) in [5, 5.41) is 0. The molecule has 0 aromatic heterocycles. The van der Waals surface area contributed by atoms with Crippen LogP contribution in [0.4, 0.5) is 0 Å². The number of likely N-dealkylation sites (tertiary alicyclic amines) is 3. The van der Waals surface area contributed by atoms with Crippen molar-refractivity contribution in [2.24, 2.45) is 0 Å². The zero-order chi connectivity index (χ0) is 22.0. The second-order valence-corrected chi connectivity index (χ2v) is 9.13. The van der Waals surface area contributed by atoms with Gasteiger partial charge in [-0.25, -0.2) is 0 Å². The SMILES string of the molecule is C[C@@H]1CCC[C@H](C)N1C(=O)COc1ccc(C(=O)N2CC[C@H](N3CCCC3=O)C2)cc1. The molecule has 0 aliphatic carbocycles.